The zero-order valence-corrected chi connectivity index (χ0v) is 8.24. The van der Waals surface area contributed by atoms with E-state index in [4.69, 9.17) is 0 Å². The van der Waals surface area contributed by atoms with E-state index in [1.165, 1.54) is 36.3 Å². The van der Waals surface area contributed by atoms with Crippen molar-refractivity contribution < 1.29 is 18.3 Å². The maximum absolute atomic E-state index is 2.23. The van der Waals surface area contributed by atoms with Gasteiger partial charge < -0.3 is 0 Å². The molecule has 0 amide bonds. The maximum atomic E-state index is 2.23. The Kier molecular flexibility index (Phi) is 5.13. The summed E-state index contributed by atoms with van der Waals surface area (Å²) in [6.45, 7) is 1.26. The first-order valence-corrected chi connectivity index (χ1v) is 4.81. The van der Waals surface area contributed by atoms with E-state index in [9.17, 15) is 0 Å². The fourth-order valence-corrected chi connectivity index (χ4v) is 0.897. The van der Waals surface area contributed by atoms with Gasteiger partial charge in [0.05, 0.1) is 0 Å². The molecule has 0 radical (unpaired) electrons. The second-order valence-corrected chi connectivity index (χ2v) is 3.49. The van der Waals surface area contributed by atoms with Crippen molar-refractivity contribution in [3.63, 3.8) is 0 Å². The summed E-state index contributed by atoms with van der Waals surface area (Å²) in [6.07, 6.45) is 1.38. The molecule has 0 atom stereocenters. The Balaban J connectivity index is 2.68. The monoisotopic (exact) mass is 150 g/mol. The van der Waals surface area contributed by atoms with Gasteiger partial charge in [-0.2, -0.15) is 0 Å². The van der Waals surface area contributed by atoms with E-state index in [0.717, 1.165) is 0 Å². The van der Waals surface area contributed by atoms with Crippen molar-refractivity contribution in [1.82, 2.24) is 4.90 Å². The molecule has 0 saturated heterocycles. The molecule has 0 unspecified atom stereocenters. The van der Waals surface area contributed by atoms with Gasteiger partial charge in [0.2, 0.25) is 0 Å². The van der Waals surface area contributed by atoms with Crippen LogP contribution in [0.1, 0.15) is 6.42 Å². The Bertz CT molecular complexity index is 37.1. The fraction of sp³-hybridized carbons (Fsp3) is 1.00. The molecule has 2 heteroatoms. The van der Waals surface area contributed by atoms with Crippen molar-refractivity contribution in [3.05, 3.63) is 0 Å². The van der Waals surface area contributed by atoms with Crippen LogP contribution in [0.25, 0.3) is 0 Å². The Labute approximate surface area is 55.8 Å². The Morgan fingerprint density at radius 2 is 2.00 bits per heavy atom. The molecule has 0 N–H and O–H groups in total. The predicted molar refractivity (Wildman–Crippen MR) is 28.0 cm³/mol. The van der Waals surface area contributed by atoms with E-state index >= 15 is 0 Å². The first-order chi connectivity index (χ1) is 3.27. The van der Waals surface area contributed by atoms with Crippen molar-refractivity contribution in [1.29, 1.82) is 0 Å². The third-order valence-corrected chi connectivity index (χ3v) is 1.90. The molecule has 0 aliphatic heterocycles. The van der Waals surface area contributed by atoms with E-state index in [0.29, 0.717) is 0 Å². The van der Waals surface area contributed by atoms with Gasteiger partial charge in [0.15, 0.2) is 0 Å². The molecule has 7 heavy (non-hydrogen) atoms. The minimum absolute atomic E-state index is 1.26. The van der Waals surface area contributed by atoms with Crippen LogP contribution in [-0.4, -0.2) is 25.5 Å². The van der Waals surface area contributed by atoms with Gasteiger partial charge in [0.25, 0.3) is 0 Å². The van der Waals surface area contributed by atoms with Gasteiger partial charge in [-0.3, -0.25) is 0 Å². The van der Waals surface area contributed by atoms with Crippen LogP contribution in [0.5, 0.6) is 0 Å². The zero-order valence-electron chi connectivity index (χ0n) is 5.28. The Morgan fingerprint density at radius 1 is 1.43 bits per heavy atom. The number of hydrogen-bond donors (Lipinski definition) is 0. The standard InChI is InChI=1S/C5H12N.Zn/c1-4-5-6(2)3;/h1,4-5H2,2-3H3;. The third kappa shape index (κ3) is 6.58. The molecule has 0 fully saturated rings. The van der Waals surface area contributed by atoms with Crippen LogP contribution in [-0.2, 0) is 18.3 Å². The molecule has 0 heterocycles. The molecule has 0 aliphatic rings. The van der Waals surface area contributed by atoms with E-state index < -0.39 is 0 Å². The van der Waals surface area contributed by atoms with Gasteiger partial charge in [0, 0.05) is 0 Å². The van der Waals surface area contributed by atoms with Gasteiger partial charge in [-0.05, 0) is 0 Å². The summed E-state index contributed by atoms with van der Waals surface area (Å²) in [5.41, 5.74) is 0. The predicted octanol–water partition coefficient (Wildman–Crippen LogP) is 0.903. The minimum atomic E-state index is 1.26. The summed E-state index contributed by atoms with van der Waals surface area (Å²) >= 11 is 1.45. The molecule has 0 rings (SSSR count). The quantitative estimate of drug-likeness (QED) is 0.542. The van der Waals surface area contributed by atoms with Crippen molar-refractivity contribution in [2.45, 2.75) is 11.4 Å². The molecule has 39 valence electrons. The summed E-state index contributed by atoms with van der Waals surface area (Å²) in [7, 11) is 4.24. The Morgan fingerprint density at radius 3 is 2.14 bits per heavy atom. The average molecular weight is 152 g/mol. The SMILES string of the molecule is CN(C)CC[CH2][Zn]. The summed E-state index contributed by atoms with van der Waals surface area (Å²) in [5.74, 6) is 0. The summed E-state index contributed by atoms with van der Waals surface area (Å²) < 4.78 is 0. The molecule has 0 aromatic rings. The second kappa shape index (κ2) is 4.74. The van der Waals surface area contributed by atoms with Gasteiger partial charge in [-0.15, -0.1) is 0 Å². The molecular formula is C5H12NZn. The van der Waals surface area contributed by atoms with E-state index in [2.05, 4.69) is 19.0 Å². The van der Waals surface area contributed by atoms with Crippen LogP contribution >= 0.6 is 0 Å². The summed E-state index contributed by atoms with van der Waals surface area (Å²) in [5, 5.41) is 1.43. The molecule has 0 aliphatic carbocycles. The molecule has 0 aromatic heterocycles. The molecule has 0 aromatic carbocycles. The second-order valence-electron chi connectivity index (χ2n) is 2.01. The van der Waals surface area contributed by atoms with Crippen LogP contribution < -0.4 is 0 Å². The van der Waals surface area contributed by atoms with Crippen molar-refractivity contribution in [2.75, 3.05) is 20.6 Å². The molecule has 0 spiro atoms. The van der Waals surface area contributed by atoms with E-state index in [1.54, 1.807) is 0 Å². The van der Waals surface area contributed by atoms with Gasteiger partial charge in [-0.25, -0.2) is 0 Å². The van der Waals surface area contributed by atoms with Crippen LogP contribution in [0.2, 0.25) is 5.02 Å². The third-order valence-electron chi connectivity index (χ3n) is 0.855. The molecule has 0 saturated carbocycles. The normalized spacial score (nSPS) is 10.4. The fourth-order valence-electron chi connectivity index (χ4n) is 0.428. The van der Waals surface area contributed by atoms with Crippen LogP contribution in [0.4, 0.5) is 0 Å². The number of hydrogen-bond acceptors (Lipinski definition) is 1. The molecular weight excluding hydrogens is 139 g/mol. The topological polar surface area (TPSA) is 3.24 Å². The summed E-state index contributed by atoms with van der Waals surface area (Å²) in [4.78, 5) is 2.23. The number of nitrogens with zero attached hydrogens (tertiary/aromatic N) is 1. The van der Waals surface area contributed by atoms with Crippen molar-refractivity contribution in [2.24, 2.45) is 0 Å². The van der Waals surface area contributed by atoms with Crippen molar-refractivity contribution in [3.8, 4) is 0 Å². The summed E-state index contributed by atoms with van der Waals surface area (Å²) in [6, 6.07) is 0. The van der Waals surface area contributed by atoms with E-state index in [-0.39, 0.29) is 0 Å². The zero-order chi connectivity index (χ0) is 5.70. The first kappa shape index (κ1) is 7.58. The first-order valence-electron chi connectivity index (χ1n) is 2.71. The molecule has 1 nitrogen and oxygen atoms in total. The van der Waals surface area contributed by atoms with E-state index in [1.807, 2.05) is 0 Å². The van der Waals surface area contributed by atoms with Gasteiger partial charge in [-0.1, -0.05) is 0 Å². The van der Waals surface area contributed by atoms with Crippen LogP contribution in [0, 0.1) is 0 Å². The van der Waals surface area contributed by atoms with Gasteiger partial charge >= 0.3 is 55.3 Å². The van der Waals surface area contributed by atoms with Crippen LogP contribution in [0.15, 0.2) is 0 Å². The van der Waals surface area contributed by atoms with Crippen LogP contribution in [0.3, 0.4) is 0 Å². The molecule has 0 bridgehead atoms. The van der Waals surface area contributed by atoms with Crippen molar-refractivity contribution >= 4 is 0 Å². The number of rotatable bonds is 3. The van der Waals surface area contributed by atoms with Gasteiger partial charge in [0.1, 0.15) is 0 Å². The average Bonchev–Trinajstić information content (AvgIpc) is 1.61. The Hall–Kier alpha value is 0.583.